The molecule has 1 aromatic carbocycles. The molecule has 2 aliphatic heterocycles. The van der Waals surface area contributed by atoms with Gasteiger partial charge in [0.25, 0.3) is 5.91 Å². The Morgan fingerprint density at radius 1 is 1.31 bits per heavy atom. The Balaban J connectivity index is 1.56. The number of amidine groups is 1. The molecule has 1 saturated heterocycles. The van der Waals surface area contributed by atoms with Gasteiger partial charge in [-0.15, -0.1) is 0 Å². The molecule has 4 rings (SSSR count). The molecule has 1 aromatic heterocycles. The van der Waals surface area contributed by atoms with Crippen LogP contribution in [0.15, 0.2) is 41.5 Å². The first kappa shape index (κ1) is 22.5. The highest BCUT2D eigenvalue weighted by Crippen LogP contribution is 2.53. The number of halogens is 1. The van der Waals surface area contributed by atoms with E-state index in [4.69, 9.17) is 19.9 Å². The van der Waals surface area contributed by atoms with Crippen molar-refractivity contribution in [1.82, 2.24) is 4.98 Å². The molecule has 2 aromatic rings. The van der Waals surface area contributed by atoms with Gasteiger partial charge in [0.15, 0.2) is 5.17 Å². The maximum absolute atomic E-state index is 15.0. The Bertz CT molecular complexity index is 1040. The van der Waals surface area contributed by atoms with Crippen LogP contribution < -0.4 is 15.8 Å². The number of nitrogens with two attached hydrogens (primary N) is 1. The molecular formula is C22H25FN4O4S. The lowest BCUT2D eigenvalue weighted by molar-refractivity contribution is 0.102. The van der Waals surface area contributed by atoms with E-state index < -0.39 is 22.7 Å². The van der Waals surface area contributed by atoms with Crippen molar-refractivity contribution >= 4 is 28.5 Å². The van der Waals surface area contributed by atoms with Gasteiger partial charge < -0.3 is 25.3 Å². The average Bonchev–Trinajstić information content (AvgIpc) is 3.13. The molecule has 32 heavy (non-hydrogen) atoms. The van der Waals surface area contributed by atoms with E-state index >= 15 is 0 Å². The van der Waals surface area contributed by atoms with Gasteiger partial charge in [-0.1, -0.05) is 18.7 Å². The summed E-state index contributed by atoms with van der Waals surface area (Å²) in [7, 11) is 1.59. The second-order valence-corrected chi connectivity index (χ2v) is 9.02. The number of anilines is 1. The van der Waals surface area contributed by atoms with E-state index in [-0.39, 0.29) is 12.3 Å². The van der Waals surface area contributed by atoms with Crippen LogP contribution in [0.1, 0.15) is 23.0 Å². The van der Waals surface area contributed by atoms with E-state index in [0.717, 1.165) is 0 Å². The summed E-state index contributed by atoms with van der Waals surface area (Å²) < 4.78 is 31.1. The number of nitrogens with zero attached hydrogens (tertiary/aromatic N) is 2. The molecule has 1 amide bonds. The molecule has 0 bridgehead atoms. The lowest BCUT2D eigenvalue weighted by Gasteiger charge is -2.42. The molecule has 3 N–H and O–H groups in total. The largest absolute Gasteiger partial charge is 0.490 e. The van der Waals surface area contributed by atoms with Crippen molar-refractivity contribution in [3.8, 4) is 5.75 Å². The van der Waals surface area contributed by atoms with E-state index in [2.05, 4.69) is 15.3 Å². The highest BCUT2D eigenvalue weighted by molar-refractivity contribution is 8.13. The quantitative estimate of drug-likeness (QED) is 0.612. The van der Waals surface area contributed by atoms with Crippen LogP contribution in [0.3, 0.4) is 0 Å². The van der Waals surface area contributed by atoms with E-state index in [1.165, 1.54) is 30.1 Å². The predicted molar refractivity (Wildman–Crippen MR) is 121 cm³/mol. The van der Waals surface area contributed by atoms with Crippen LogP contribution in [-0.2, 0) is 15.0 Å². The molecule has 1 fully saturated rings. The van der Waals surface area contributed by atoms with Crippen LogP contribution >= 0.6 is 11.8 Å². The number of aliphatic imine (C=N–C) groups is 1. The second-order valence-electron chi connectivity index (χ2n) is 8.02. The zero-order chi connectivity index (χ0) is 22.8. The zero-order valence-electron chi connectivity index (χ0n) is 17.9. The lowest BCUT2D eigenvalue weighted by Crippen LogP contribution is -2.48. The van der Waals surface area contributed by atoms with Gasteiger partial charge in [0.1, 0.15) is 29.4 Å². The number of rotatable bonds is 7. The molecule has 0 spiro atoms. The number of hydrogen-bond donors (Lipinski definition) is 2. The maximum Gasteiger partial charge on any atom is 0.274 e. The van der Waals surface area contributed by atoms with Crippen LogP contribution in [0, 0.1) is 11.2 Å². The van der Waals surface area contributed by atoms with Crippen molar-refractivity contribution in [1.29, 1.82) is 0 Å². The topological polar surface area (TPSA) is 108 Å². The minimum absolute atomic E-state index is 0.207. The summed E-state index contributed by atoms with van der Waals surface area (Å²) in [6.45, 7) is 3.54. The summed E-state index contributed by atoms with van der Waals surface area (Å²) in [5, 5.41) is 3.18. The van der Waals surface area contributed by atoms with Crippen LogP contribution in [0.25, 0.3) is 0 Å². The van der Waals surface area contributed by atoms with Gasteiger partial charge in [0.05, 0.1) is 26.0 Å². The fraction of sp³-hybridized carbons (Fsp3) is 0.409. The number of carbonyl (C=O) groups is 1. The molecule has 0 unspecified atom stereocenters. The van der Waals surface area contributed by atoms with E-state index in [1.807, 2.05) is 6.92 Å². The van der Waals surface area contributed by atoms with Crippen molar-refractivity contribution in [3.63, 3.8) is 0 Å². The van der Waals surface area contributed by atoms with E-state index in [0.29, 0.717) is 47.7 Å². The Kier molecular flexibility index (Phi) is 6.36. The predicted octanol–water partition coefficient (Wildman–Crippen LogP) is 2.79. The maximum atomic E-state index is 15.0. The minimum atomic E-state index is -0.938. The van der Waals surface area contributed by atoms with Crippen molar-refractivity contribution < 1.29 is 23.4 Å². The third-order valence-electron chi connectivity index (χ3n) is 5.76. The molecule has 0 radical (unpaired) electrons. The molecular weight excluding hydrogens is 435 g/mol. The number of thioether (sulfide) groups is 1. The first-order valence-electron chi connectivity index (χ1n) is 10.1. The van der Waals surface area contributed by atoms with Gasteiger partial charge in [-0.25, -0.2) is 14.4 Å². The molecule has 170 valence electrons. The lowest BCUT2D eigenvalue weighted by atomic mass is 9.70. The highest BCUT2D eigenvalue weighted by Gasteiger charge is 2.57. The SMILES string of the molecule is COCCOc1ccc(C(=O)Nc2ccc(F)c([C@]34COC[C@@]3(C)CSC(N)=N4)c2)nc1. The first-order valence-corrected chi connectivity index (χ1v) is 11.1. The summed E-state index contributed by atoms with van der Waals surface area (Å²) in [5.41, 5.74) is 5.65. The van der Waals surface area contributed by atoms with Crippen LogP contribution in [-0.4, -0.2) is 55.3 Å². The number of amides is 1. The summed E-state index contributed by atoms with van der Waals surface area (Å²) >= 11 is 1.44. The zero-order valence-corrected chi connectivity index (χ0v) is 18.7. The van der Waals surface area contributed by atoms with Crippen LogP contribution in [0.2, 0.25) is 0 Å². The number of ether oxygens (including phenoxy) is 3. The van der Waals surface area contributed by atoms with Crippen molar-refractivity contribution in [2.75, 3.05) is 44.6 Å². The second kappa shape index (κ2) is 9.05. The van der Waals surface area contributed by atoms with Crippen molar-refractivity contribution in [2.24, 2.45) is 16.1 Å². The number of carbonyl (C=O) groups excluding carboxylic acids is 1. The Morgan fingerprint density at radius 3 is 2.91 bits per heavy atom. The molecule has 0 saturated carbocycles. The third-order valence-corrected chi connectivity index (χ3v) is 6.93. The highest BCUT2D eigenvalue weighted by atomic mass is 32.2. The Morgan fingerprint density at radius 2 is 2.16 bits per heavy atom. The summed E-state index contributed by atoms with van der Waals surface area (Å²) in [5.74, 6) is 0.365. The first-order chi connectivity index (χ1) is 15.4. The van der Waals surface area contributed by atoms with Crippen molar-refractivity contribution in [2.45, 2.75) is 12.5 Å². The number of hydrogen-bond acceptors (Lipinski definition) is 8. The smallest absolute Gasteiger partial charge is 0.274 e. The fourth-order valence-corrected chi connectivity index (χ4v) is 4.93. The van der Waals surface area contributed by atoms with Gasteiger partial charge in [-0.05, 0) is 30.3 Å². The summed E-state index contributed by atoms with van der Waals surface area (Å²) in [6.07, 6.45) is 1.47. The molecule has 8 nitrogen and oxygen atoms in total. The molecule has 2 aliphatic rings. The van der Waals surface area contributed by atoms with Crippen molar-refractivity contribution in [3.05, 3.63) is 53.6 Å². The molecule has 2 atom stereocenters. The van der Waals surface area contributed by atoms with Crippen LogP contribution in [0.5, 0.6) is 5.75 Å². The Labute approximate surface area is 189 Å². The number of methoxy groups -OCH3 is 1. The van der Waals surface area contributed by atoms with E-state index in [1.54, 1.807) is 25.3 Å². The molecule has 3 heterocycles. The average molecular weight is 461 g/mol. The monoisotopic (exact) mass is 460 g/mol. The van der Waals surface area contributed by atoms with E-state index in [9.17, 15) is 9.18 Å². The van der Waals surface area contributed by atoms with Gasteiger partial charge in [0.2, 0.25) is 0 Å². The minimum Gasteiger partial charge on any atom is -0.490 e. The number of fused-ring (bicyclic) bond motifs is 1. The van der Waals surface area contributed by atoms with Gasteiger partial charge in [-0.3, -0.25) is 4.79 Å². The van der Waals surface area contributed by atoms with Crippen LogP contribution in [0.4, 0.5) is 10.1 Å². The summed E-state index contributed by atoms with van der Waals surface area (Å²) in [6, 6.07) is 7.66. The number of nitrogens with one attached hydrogen (secondary N) is 1. The number of pyridine rings is 1. The molecule has 10 heteroatoms. The third kappa shape index (κ3) is 4.17. The summed E-state index contributed by atoms with van der Waals surface area (Å²) in [4.78, 5) is 21.5. The Hall–Kier alpha value is -2.69. The standard InChI is InChI=1S/C22H25FN4O4S/c1-21-11-30-12-22(21,27-20(24)32-13-21)16-9-14(3-5-17(16)23)26-19(28)18-6-4-15(10-25-18)31-8-7-29-2/h3-6,9-10H,7-8,11-13H2,1-2H3,(H2,24,27)(H,26,28)/t21-,22+/m0/s1. The normalized spacial score (nSPS) is 24.5. The fourth-order valence-electron chi connectivity index (χ4n) is 3.92. The number of benzene rings is 1. The van der Waals surface area contributed by atoms with Gasteiger partial charge in [-0.2, -0.15) is 0 Å². The number of aromatic nitrogens is 1. The van der Waals surface area contributed by atoms with Gasteiger partial charge in [0, 0.05) is 29.5 Å². The van der Waals surface area contributed by atoms with Gasteiger partial charge >= 0.3 is 0 Å². The molecule has 0 aliphatic carbocycles.